The van der Waals surface area contributed by atoms with E-state index in [1.54, 1.807) is 29.2 Å². The molecule has 2 aliphatic heterocycles. The summed E-state index contributed by atoms with van der Waals surface area (Å²) in [7, 11) is 0. The maximum absolute atomic E-state index is 12.9. The van der Waals surface area contributed by atoms with Crippen molar-refractivity contribution in [1.82, 2.24) is 4.90 Å². The Morgan fingerprint density at radius 2 is 1.58 bits per heavy atom. The molecule has 174 valence electrons. The molecular weight excluding hydrogens is 416 g/mol. The Labute approximate surface area is 195 Å². The van der Waals surface area contributed by atoms with Gasteiger partial charge in [-0.05, 0) is 69.6 Å². The number of aryl methyl sites for hydroxylation is 1. The van der Waals surface area contributed by atoms with E-state index in [2.05, 4.69) is 15.5 Å². The lowest BCUT2D eigenvalue weighted by molar-refractivity contribution is -0.129. The van der Waals surface area contributed by atoms with Gasteiger partial charge in [0.15, 0.2) is 0 Å². The number of carbonyl (C=O) groups is 3. The highest BCUT2D eigenvalue weighted by molar-refractivity contribution is 6.13. The highest BCUT2D eigenvalue weighted by Crippen LogP contribution is 2.27. The lowest BCUT2D eigenvalue weighted by Crippen LogP contribution is -2.34. The topological polar surface area (TPSA) is 81.8 Å². The van der Waals surface area contributed by atoms with Crippen LogP contribution in [0.4, 0.5) is 17.1 Å². The van der Waals surface area contributed by atoms with Crippen molar-refractivity contribution in [2.24, 2.45) is 5.92 Å². The summed E-state index contributed by atoms with van der Waals surface area (Å²) in [5, 5.41) is 5.78. The molecule has 0 aromatic heterocycles. The lowest BCUT2D eigenvalue weighted by atomic mass is 10.1. The van der Waals surface area contributed by atoms with Gasteiger partial charge in [0.1, 0.15) is 5.92 Å². The molecule has 0 saturated carbocycles. The summed E-state index contributed by atoms with van der Waals surface area (Å²) in [5.41, 5.74) is 3.13. The van der Waals surface area contributed by atoms with Crippen LogP contribution < -0.4 is 15.5 Å². The summed E-state index contributed by atoms with van der Waals surface area (Å²) < 4.78 is 0. The minimum atomic E-state index is -0.715. The first-order chi connectivity index (χ1) is 16.0. The molecule has 0 radical (unpaired) electrons. The number of carbonyl (C=O) groups excluding carboxylic acids is 3. The fourth-order valence-electron chi connectivity index (χ4n) is 4.51. The van der Waals surface area contributed by atoms with Crippen LogP contribution in [-0.4, -0.2) is 48.8 Å². The standard InChI is InChI=1S/C26H32N4O3/c1-19-9-11-22(12-10-19)30-16-13-23(26(30)33)25(32)28-21-8-6-7-20(17-21)27-24(31)18-29-14-4-2-3-5-15-29/h6-12,17,23H,2-5,13-16,18H2,1H3,(H,27,31)(H,28,32). The zero-order valence-electron chi connectivity index (χ0n) is 19.2. The molecule has 2 N–H and O–H groups in total. The molecule has 2 aromatic rings. The molecule has 4 rings (SSSR count). The molecule has 0 bridgehead atoms. The van der Waals surface area contributed by atoms with Gasteiger partial charge >= 0.3 is 0 Å². The minimum absolute atomic E-state index is 0.0555. The lowest BCUT2D eigenvalue weighted by Gasteiger charge is -2.19. The van der Waals surface area contributed by atoms with E-state index in [0.717, 1.165) is 37.2 Å². The van der Waals surface area contributed by atoms with Gasteiger partial charge in [0, 0.05) is 23.6 Å². The predicted molar refractivity (Wildman–Crippen MR) is 130 cm³/mol. The molecule has 2 fully saturated rings. The normalized spacial score (nSPS) is 19.2. The third kappa shape index (κ3) is 5.99. The fraction of sp³-hybridized carbons (Fsp3) is 0.423. The number of benzene rings is 2. The third-order valence-electron chi connectivity index (χ3n) is 6.35. The maximum atomic E-state index is 12.9. The van der Waals surface area contributed by atoms with E-state index in [9.17, 15) is 14.4 Å². The van der Waals surface area contributed by atoms with Crippen LogP contribution in [0.2, 0.25) is 0 Å². The van der Waals surface area contributed by atoms with E-state index in [4.69, 9.17) is 0 Å². The van der Waals surface area contributed by atoms with Gasteiger partial charge in [-0.2, -0.15) is 0 Å². The number of amides is 3. The van der Waals surface area contributed by atoms with Crippen LogP contribution in [0, 0.1) is 12.8 Å². The summed E-state index contributed by atoms with van der Waals surface area (Å²) in [4.78, 5) is 42.0. The molecule has 3 amide bonds. The van der Waals surface area contributed by atoms with Crippen LogP contribution in [0.25, 0.3) is 0 Å². The Morgan fingerprint density at radius 1 is 0.909 bits per heavy atom. The number of nitrogens with one attached hydrogen (secondary N) is 2. The highest BCUT2D eigenvalue weighted by Gasteiger charge is 2.37. The first-order valence-electron chi connectivity index (χ1n) is 11.8. The van der Waals surface area contributed by atoms with Crippen LogP contribution in [0.5, 0.6) is 0 Å². The zero-order valence-corrected chi connectivity index (χ0v) is 19.2. The maximum Gasteiger partial charge on any atom is 0.239 e. The molecule has 2 saturated heterocycles. The third-order valence-corrected chi connectivity index (χ3v) is 6.35. The van der Waals surface area contributed by atoms with E-state index >= 15 is 0 Å². The Balaban J connectivity index is 1.33. The quantitative estimate of drug-likeness (QED) is 0.659. The Bertz CT molecular complexity index is 997. The molecule has 0 spiro atoms. The van der Waals surface area contributed by atoms with E-state index in [1.165, 1.54) is 12.8 Å². The van der Waals surface area contributed by atoms with Gasteiger partial charge < -0.3 is 15.5 Å². The second kappa shape index (κ2) is 10.6. The number of hydrogen-bond donors (Lipinski definition) is 2. The van der Waals surface area contributed by atoms with Gasteiger partial charge in [0.2, 0.25) is 17.7 Å². The van der Waals surface area contributed by atoms with Gasteiger partial charge in [-0.1, -0.05) is 36.6 Å². The number of hydrogen-bond acceptors (Lipinski definition) is 4. The monoisotopic (exact) mass is 448 g/mol. The van der Waals surface area contributed by atoms with Crippen molar-refractivity contribution in [1.29, 1.82) is 0 Å². The summed E-state index contributed by atoms with van der Waals surface area (Å²) >= 11 is 0. The van der Waals surface area contributed by atoms with Crippen molar-refractivity contribution in [2.45, 2.75) is 39.0 Å². The molecule has 0 aliphatic carbocycles. The summed E-state index contributed by atoms with van der Waals surface area (Å²) in [6, 6.07) is 14.8. The summed E-state index contributed by atoms with van der Waals surface area (Å²) in [6.07, 6.45) is 5.20. The fourth-order valence-corrected chi connectivity index (χ4v) is 4.51. The average molecular weight is 449 g/mol. The second-order valence-corrected chi connectivity index (χ2v) is 8.98. The molecule has 1 atom stereocenters. The molecule has 7 nitrogen and oxygen atoms in total. The molecule has 2 aromatic carbocycles. The van der Waals surface area contributed by atoms with E-state index in [-0.39, 0.29) is 17.7 Å². The first kappa shape index (κ1) is 23.0. The van der Waals surface area contributed by atoms with Crippen molar-refractivity contribution in [3.05, 3.63) is 54.1 Å². The first-order valence-corrected chi connectivity index (χ1v) is 11.8. The molecule has 2 aliphatic rings. The number of anilines is 3. The van der Waals surface area contributed by atoms with Gasteiger partial charge in [0.25, 0.3) is 0 Å². The Kier molecular flexibility index (Phi) is 7.40. The van der Waals surface area contributed by atoms with Crippen LogP contribution in [-0.2, 0) is 14.4 Å². The average Bonchev–Trinajstić information content (AvgIpc) is 2.99. The molecule has 7 heteroatoms. The molecule has 2 heterocycles. The van der Waals surface area contributed by atoms with Gasteiger partial charge in [0.05, 0.1) is 6.54 Å². The number of rotatable bonds is 6. The summed E-state index contributed by atoms with van der Waals surface area (Å²) in [6.45, 7) is 4.81. The van der Waals surface area contributed by atoms with Crippen molar-refractivity contribution >= 4 is 34.8 Å². The Morgan fingerprint density at radius 3 is 2.27 bits per heavy atom. The zero-order chi connectivity index (χ0) is 23.2. The largest absolute Gasteiger partial charge is 0.325 e. The summed E-state index contributed by atoms with van der Waals surface area (Å²) in [5.74, 6) is -1.27. The SMILES string of the molecule is Cc1ccc(N2CCC(C(=O)Nc3cccc(NC(=O)CN4CCCCCC4)c3)C2=O)cc1. The van der Waals surface area contributed by atoms with Gasteiger partial charge in [-0.25, -0.2) is 0 Å². The molecule has 33 heavy (non-hydrogen) atoms. The van der Waals surface area contributed by atoms with Crippen molar-refractivity contribution in [2.75, 3.05) is 41.7 Å². The van der Waals surface area contributed by atoms with Gasteiger partial charge in [-0.15, -0.1) is 0 Å². The van der Waals surface area contributed by atoms with E-state index in [1.807, 2.05) is 31.2 Å². The van der Waals surface area contributed by atoms with Crippen molar-refractivity contribution in [3.63, 3.8) is 0 Å². The van der Waals surface area contributed by atoms with Crippen molar-refractivity contribution in [3.8, 4) is 0 Å². The molecule has 1 unspecified atom stereocenters. The van der Waals surface area contributed by atoms with Crippen molar-refractivity contribution < 1.29 is 14.4 Å². The number of likely N-dealkylation sites (tertiary alicyclic amines) is 1. The smallest absolute Gasteiger partial charge is 0.239 e. The van der Waals surface area contributed by atoms with Crippen LogP contribution in [0.1, 0.15) is 37.7 Å². The van der Waals surface area contributed by atoms with Crippen LogP contribution in [0.3, 0.4) is 0 Å². The van der Waals surface area contributed by atoms with E-state index < -0.39 is 5.92 Å². The van der Waals surface area contributed by atoms with Gasteiger partial charge in [-0.3, -0.25) is 19.3 Å². The minimum Gasteiger partial charge on any atom is -0.325 e. The number of nitrogens with zero attached hydrogens (tertiary/aromatic N) is 2. The predicted octanol–water partition coefficient (Wildman–Crippen LogP) is 3.80. The Hall–Kier alpha value is -3.19. The second-order valence-electron chi connectivity index (χ2n) is 8.98. The van der Waals surface area contributed by atoms with Crippen LogP contribution >= 0.6 is 0 Å². The molecular formula is C26H32N4O3. The van der Waals surface area contributed by atoms with E-state index in [0.29, 0.717) is 30.9 Å². The highest BCUT2D eigenvalue weighted by atomic mass is 16.2. The van der Waals surface area contributed by atoms with Crippen LogP contribution in [0.15, 0.2) is 48.5 Å².